The summed E-state index contributed by atoms with van der Waals surface area (Å²) in [5.74, 6) is 1.04. The lowest BCUT2D eigenvalue weighted by molar-refractivity contribution is -0.139. The number of hydrogen-bond donors (Lipinski definition) is 0. The Balaban J connectivity index is 1.50. The van der Waals surface area contributed by atoms with Gasteiger partial charge in [0.1, 0.15) is 5.75 Å². The van der Waals surface area contributed by atoms with Crippen molar-refractivity contribution in [2.75, 3.05) is 46.0 Å². The Bertz CT molecular complexity index is 928. The van der Waals surface area contributed by atoms with E-state index in [9.17, 15) is 4.79 Å². The molecule has 0 saturated carbocycles. The number of amides is 1. The van der Waals surface area contributed by atoms with Gasteiger partial charge in [0.25, 0.3) is 0 Å². The summed E-state index contributed by atoms with van der Waals surface area (Å²) in [5.41, 5.74) is 2.15. The maximum atomic E-state index is 13.2. The highest BCUT2D eigenvalue weighted by Gasteiger charge is 2.40. The lowest BCUT2D eigenvalue weighted by atomic mass is 9.77. The van der Waals surface area contributed by atoms with Crippen LogP contribution in [-0.2, 0) is 16.1 Å². The van der Waals surface area contributed by atoms with Gasteiger partial charge in [-0.05, 0) is 74.0 Å². The van der Waals surface area contributed by atoms with Crippen LogP contribution in [0.1, 0.15) is 35.3 Å². The Morgan fingerprint density at radius 3 is 2.72 bits per heavy atom. The van der Waals surface area contributed by atoms with Gasteiger partial charge in [0.15, 0.2) is 0 Å². The topological polar surface area (TPSA) is 42.0 Å². The molecule has 2 aliphatic rings. The standard InChI is InChI=1S/C25H33ClN2O3S/c1-19-6-13-32-23(19)16-27-8-3-7-25(17-27,15-24(29)28-9-11-30-12-10-28)18-31-21-4-5-22(26)20(2)14-21/h4-6,13-14H,3,7-12,15-18H2,1-2H3. The van der Waals surface area contributed by atoms with E-state index in [1.807, 2.05) is 41.4 Å². The first-order valence-electron chi connectivity index (χ1n) is 11.4. The first-order chi connectivity index (χ1) is 15.4. The van der Waals surface area contributed by atoms with E-state index < -0.39 is 0 Å². The van der Waals surface area contributed by atoms with Crippen LogP contribution >= 0.6 is 22.9 Å². The smallest absolute Gasteiger partial charge is 0.223 e. The van der Waals surface area contributed by atoms with Crippen LogP contribution in [0.4, 0.5) is 0 Å². The SMILES string of the molecule is Cc1cc(OCC2(CC(=O)N3CCOCC3)CCCN(Cc3sccc3C)C2)ccc1Cl. The predicted octanol–water partition coefficient (Wildman–Crippen LogP) is 4.93. The number of likely N-dealkylation sites (tertiary alicyclic amines) is 1. The molecule has 2 aromatic rings. The van der Waals surface area contributed by atoms with Crippen LogP contribution in [-0.4, -0.2) is 61.7 Å². The zero-order valence-corrected chi connectivity index (χ0v) is 20.6. The number of hydrogen-bond acceptors (Lipinski definition) is 5. The summed E-state index contributed by atoms with van der Waals surface area (Å²) < 4.78 is 11.7. The van der Waals surface area contributed by atoms with Gasteiger partial charge in [0, 0.05) is 47.9 Å². The fourth-order valence-corrected chi connectivity index (χ4v) is 5.78. The molecule has 0 spiro atoms. The molecule has 0 bridgehead atoms. The molecule has 32 heavy (non-hydrogen) atoms. The van der Waals surface area contributed by atoms with E-state index in [4.69, 9.17) is 21.1 Å². The fourth-order valence-electron chi connectivity index (χ4n) is 4.72. The molecule has 1 aromatic heterocycles. The maximum absolute atomic E-state index is 13.2. The van der Waals surface area contributed by atoms with Crippen molar-refractivity contribution in [2.45, 2.75) is 39.7 Å². The number of carbonyl (C=O) groups is 1. The molecule has 4 rings (SSSR count). The zero-order chi connectivity index (χ0) is 22.6. The van der Waals surface area contributed by atoms with Crippen molar-refractivity contribution in [3.8, 4) is 5.75 Å². The number of nitrogens with zero attached hydrogens (tertiary/aromatic N) is 2. The third-order valence-corrected chi connectivity index (χ3v) is 8.07. The average molecular weight is 477 g/mol. The number of benzene rings is 1. The average Bonchev–Trinajstić information content (AvgIpc) is 3.19. The van der Waals surface area contributed by atoms with Crippen molar-refractivity contribution in [3.63, 3.8) is 0 Å². The van der Waals surface area contributed by atoms with E-state index in [1.165, 1.54) is 10.4 Å². The van der Waals surface area contributed by atoms with Crippen LogP contribution in [0.15, 0.2) is 29.6 Å². The first kappa shape index (κ1) is 23.6. The van der Waals surface area contributed by atoms with Crippen molar-refractivity contribution in [1.82, 2.24) is 9.80 Å². The van der Waals surface area contributed by atoms with E-state index in [0.717, 1.165) is 48.8 Å². The zero-order valence-electron chi connectivity index (χ0n) is 19.1. The van der Waals surface area contributed by atoms with Gasteiger partial charge < -0.3 is 14.4 Å². The summed E-state index contributed by atoms with van der Waals surface area (Å²) in [5, 5.41) is 2.90. The number of piperidine rings is 1. The molecule has 5 nitrogen and oxygen atoms in total. The van der Waals surface area contributed by atoms with Gasteiger partial charge in [0.05, 0.1) is 19.8 Å². The number of thiophene rings is 1. The number of rotatable bonds is 7. The minimum absolute atomic E-state index is 0.202. The number of morpholine rings is 1. The highest BCUT2D eigenvalue weighted by molar-refractivity contribution is 7.10. The molecule has 3 heterocycles. The van der Waals surface area contributed by atoms with E-state index in [2.05, 4.69) is 23.3 Å². The van der Waals surface area contributed by atoms with Gasteiger partial charge in [-0.1, -0.05) is 11.6 Å². The molecule has 2 fully saturated rings. The predicted molar refractivity (Wildman–Crippen MR) is 130 cm³/mol. The lowest BCUT2D eigenvalue weighted by Crippen LogP contribution is -2.50. The number of ether oxygens (including phenoxy) is 2. The molecule has 1 aromatic carbocycles. The van der Waals surface area contributed by atoms with Crippen molar-refractivity contribution < 1.29 is 14.3 Å². The molecule has 1 amide bonds. The summed E-state index contributed by atoms with van der Waals surface area (Å²) in [7, 11) is 0. The number of aryl methyl sites for hydroxylation is 2. The van der Waals surface area contributed by atoms with Gasteiger partial charge in [-0.3, -0.25) is 9.69 Å². The fraction of sp³-hybridized carbons (Fsp3) is 0.560. The first-order valence-corrected chi connectivity index (χ1v) is 12.7. The molecule has 2 aliphatic heterocycles. The minimum atomic E-state index is -0.202. The van der Waals surface area contributed by atoms with Crippen LogP contribution < -0.4 is 4.74 Å². The monoisotopic (exact) mass is 476 g/mol. The van der Waals surface area contributed by atoms with Gasteiger partial charge in [0.2, 0.25) is 5.91 Å². The van der Waals surface area contributed by atoms with Crippen molar-refractivity contribution >= 4 is 28.8 Å². The lowest BCUT2D eigenvalue weighted by Gasteiger charge is -2.43. The molecule has 2 saturated heterocycles. The normalized spacial score (nSPS) is 22.2. The molecule has 0 aliphatic carbocycles. The molecule has 174 valence electrons. The molecular weight excluding hydrogens is 444 g/mol. The van der Waals surface area contributed by atoms with Crippen molar-refractivity contribution in [3.05, 3.63) is 50.7 Å². The maximum Gasteiger partial charge on any atom is 0.223 e. The molecule has 1 unspecified atom stereocenters. The quantitative estimate of drug-likeness (QED) is 0.568. The largest absolute Gasteiger partial charge is 0.493 e. The number of halogens is 1. The molecule has 7 heteroatoms. The summed E-state index contributed by atoms with van der Waals surface area (Å²) in [6.45, 7) is 10.2. The summed E-state index contributed by atoms with van der Waals surface area (Å²) in [6, 6.07) is 7.97. The van der Waals surface area contributed by atoms with E-state index in [0.29, 0.717) is 39.3 Å². The van der Waals surface area contributed by atoms with E-state index in [-0.39, 0.29) is 11.3 Å². The Kier molecular flexibility index (Phi) is 7.77. The summed E-state index contributed by atoms with van der Waals surface area (Å²) in [4.78, 5) is 19.1. The van der Waals surface area contributed by atoms with Gasteiger partial charge in [-0.25, -0.2) is 0 Å². The molecule has 0 N–H and O–H groups in total. The highest BCUT2D eigenvalue weighted by Crippen LogP contribution is 2.37. The van der Waals surface area contributed by atoms with Crippen LogP contribution in [0, 0.1) is 19.3 Å². The van der Waals surface area contributed by atoms with E-state index in [1.54, 1.807) is 0 Å². The highest BCUT2D eigenvalue weighted by atomic mass is 35.5. The second-order valence-corrected chi connectivity index (χ2v) is 10.6. The third-order valence-electron chi connectivity index (χ3n) is 6.64. The second kappa shape index (κ2) is 10.6. The van der Waals surface area contributed by atoms with Gasteiger partial charge >= 0.3 is 0 Å². The Morgan fingerprint density at radius 1 is 1.19 bits per heavy atom. The Hall–Kier alpha value is -1.60. The van der Waals surface area contributed by atoms with Crippen LogP contribution in [0.25, 0.3) is 0 Å². The molecular formula is C25H33ClN2O3S. The van der Waals surface area contributed by atoms with Gasteiger partial charge in [-0.2, -0.15) is 0 Å². The minimum Gasteiger partial charge on any atom is -0.493 e. The summed E-state index contributed by atoms with van der Waals surface area (Å²) in [6.07, 6.45) is 2.58. The van der Waals surface area contributed by atoms with Gasteiger partial charge in [-0.15, -0.1) is 11.3 Å². The van der Waals surface area contributed by atoms with Crippen LogP contribution in [0.2, 0.25) is 5.02 Å². The van der Waals surface area contributed by atoms with Crippen molar-refractivity contribution in [1.29, 1.82) is 0 Å². The molecule has 1 atom stereocenters. The molecule has 0 radical (unpaired) electrons. The second-order valence-electron chi connectivity index (χ2n) is 9.21. The third kappa shape index (κ3) is 5.84. The Morgan fingerprint density at radius 2 is 2.00 bits per heavy atom. The Labute approximate surface area is 200 Å². The van der Waals surface area contributed by atoms with Crippen LogP contribution in [0.5, 0.6) is 5.75 Å². The number of carbonyl (C=O) groups excluding carboxylic acids is 1. The van der Waals surface area contributed by atoms with Crippen molar-refractivity contribution in [2.24, 2.45) is 5.41 Å². The van der Waals surface area contributed by atoms with Crippen LogP contribution in [0.3, 0.4) is 0 Å². The summed E-state index contributed by atoms with van der Waals surface area (Å²) >= 11 is 8.01. The van der Waals surface area contributed by atoms with E-state index >= 15 is 0 Å².